The summed E-state index contributed by atoms with van der Waals surface area (Å²) in [7, 11) is 0.842. The summed E-state index contributed by atoms with van der Waals surface area (Å²) in [5.41, 5.74) is 0.374. The average Bonchev–Trinajstić information content (AvgIpc) is 3.42. The molecular weight excluding hydrogens is 312 g/mol. The monoisotopic (exact) mass is 346 g/mol. The van der Waals surface area contributed by atoms with Gasteiger partial charge in [-0.2, -0.15) is 0 Å². The maximum Gasteiger partial charge on any atom is 0.145 e. The van der Waals surface area contributed by atoms with E-state index in [-0.39, 0.29) is 0 Å². The molecule has 2 rings (SSSR count). The minimum Gasteiger partial charge on any atom is -0.428 e. The first-order chi connectivity index (χ1) is 11.2. The summed E-state index contributed by atoms with van der Waals surface area (Å²) >= 11 is 0. The molecule has 2 aliphatic rings. The van der Waals surface area contributed by atoms with E-state index >= 15 is 0 Å². The van der Waals surface area contributed by atoms with E-state index in [0.29, 0.717) is 17.6 Å². The predicted octanol–water partition coefficient (Wildman–Crippen LogP) is 1.46. The zero-order valence-corrected chi connectivity index (χ0v) is 16.9. The SMILES string of the molecule is CC(CCCO[SiH3])(CCCOCC1CO1)CCCOCC1CO1. The van der Waals surface area contributed by atoms with E-state index in [1.165, 1.54) is 19.3 Å². The van der Waals surface area contributed by atoms with Crippen molar-refractivity contribution in [2.75, 3.05) is 46.2 Å². The molecule has 6 heteroatoms. The normalized spacial score (nSPS) is 25.4. The number of ether oxygens (including phenoxy) is 4. The predicted molar refractivity (Wildman–Crippen MR) is 92.8 cm³/mol. The van der Waals surface area contributed by atoms with Gasteiger partial charge in [0, 0.05) is 19.8 Å². The Kier molecular flexibility index (Phi) is 9.08. The van der Waals surface area contributed by atoms with Crippen molar-refractivity contribution in [3.8, 4) is 0 Å². The molecule has 0 amide bonds. The van der Waals surface area contributed by atoms with Gasteiger partial charge in [0.15, 0.2) is 0 Å². The zero-order chi connectivity index (χ0) is 16.4. The van der Waals surface area contributed by atoms with Gasteiger partial charge >= 0.3 is 0 Å². The van der Waals surface area contributed by atoms with Crippen molar-refractivity contribution < 1.29 is 23.4 Å². The molecule has 0 aliphatic carbocycles. The maximum absolute atomic E-state index is 5.67. The number of hydrogen-bond donors (Lipinski definition) is 0. The standard InChI is InChI=1S/C17H34O5Si/c1-17(7-4-10-22-23,5-2-8-18-11-15-13-20-15)6-3-9-19-12-16-14-21-16/h15-16H,2-14H2,1,23H3. The van der Waals surface area contributed by atoms with Crippen LogP contribution in [0.2, 0.25) is 0 Å². The zero-order valence-electron chi connectivity index (χ0n) is 14.9. The van der Waals surface area contributed by atoms with Crippen molar-refractivity contribution in [2.45, 2.75) is 57.7 Å². The highest BCUT2D eigenvalue weighted by atomic mass is 28.2. The largest absolute Gasteiger partial charge is 0.428 e. The Morgan fingerprint density at radius 1 is 0.870 bits per heavy atom. The summed E-state index contributed by atoms with van der Waals surface area (Å²) in [4.78, 5) is 0. The summed E-state index contributed by atoms with van der Waals surface area (Å²) in [5.74, 6) is 0. The molecule has 0 saturated carbocycles. The minimum atomic E-state index is 0.374. The smallest absolute Gasteiger partial charge is 0.145 e. The fourth-order valence-electron chi connectivity index (χ4n) is 2.98. The van der Waals surface area contributed by atoms with Gasteiger partial charge in [0.25, 0.3) is 0 Å². The van der Waals surface area contributed by atoms with Crippen LogP contribution in [0.5, 0.6) is 0 Å². The van der Waals surface area contributed by atoms with E-state index in [9.17, 15) is 0 Å². The van der Waals surface area contributed by atoms with E-state index in [4.69, 9.17) is 23.4 Å². The molecule has 2 heterocycles. The van der Waals surface area contributed by atoms with Crippen LogP contribution in [0.15, 0.2) is 0 Å². The lowest BCUT2D eigenvalue weighted by Crippen LogP contribution is -2.19. The quantitative estimate of drug-likeness (QED) is 0.241. The molecule has 0 aromatic rings. The lowest BCUT2D eigenvalue weighted by molar-refractivity contribution is 0.0869. The molecule has 23 heavy (non-hydrogen) atoms. The van der Waals surface area contributed by atoms with Crippen molar-refractivity contribution in [2.24, 2.45) is 5.41 Å². The number of epoxide rings is 2. The van der Waals surface area contributed by atoms with Gasteiger partial charge in [0.05, 0.1) is 26.4 Å². The van der Waals surface area contributed by atoms with E-state index in [0.717, 1.165) is 76.0 Å². The molecule has 0 N–H and O–H groups in total. The molecule has 2 aliphatic heterocycles. The molecule has 2 unspecified atom stereocenters. The fraction of sp³-hybridized carbons (Fsp3) is 1.00. The summed E-state index contributed by atoms with van der Waals surface area (Å²) < 4.78 is 27.0. The van der Waals surface area contributed by atoms with Gasteiger partial charge in [0.2, 0.25) is 0 Å². The Hall–Kier alpha value is 0.0169. The van der Waals surface area contributed by atoms with Crippen LogP contribution in [0, 0.1) is 5.41 Å². The highest BCUT2D eigenvalue weighted by Crippen LogP contribution is 2.34. The molecule has 2 atom stereocenters. The van der Waals surface area contributed by atoms with Crippen molar-refractivity contribution >= 4 is 10.5 Å². The van der Waals surface area contributed by atoms with E-state index in [1.807, 2.05) is 0 Å². The van der Waals surface area contributed by atoms with Gasteiger partial charge < -0.3 is 23.4 Å². The summed E-state index contributed by atoms with van der Waals surface area (Å²) in [6.45, 7) is 8.31. The second-order valence-corrected chi connectivity index (χ2v) is 7.75. The highest BCUT2D eigenvalue weighted by molar-refractivity contribution is 5.97. The van der Waals surface area contributed by atoms with Crippen molar-refractivity contribution in [1.29, 1.82) is 0 Å². The molecule has 0 aromatic heterocycles. The number of rotatable bonds is 16. The molecule has 0 radical (unpaired) electrons. The highest BCUT2D eigenvalue weighted by Gasteiger charge is 2.25. The van der Waals surface area contributed by atoms with E-state index in [2.05, 4.69) is 6.92 Å². The Morgan fingerprint density at radius 2 is 1.30 bits per heavy atom. The minimum absolute atomic E-state index is 0.374. The van der Waals surface area contributed by atoms with Crippen LogP contribution in [0.3, 0.4) is 0 Å². The second-order valence-electron chi connectivity index (χ2n) is 7.17. The molecule has 2 fully saturated rings. The topological polar surface area (TPSA) is 52.8 Å². The van der Waals surface area contributed by atoms with Crippen LogP contribution >= 0.6 is 0 Å². The first kappa shape index (κ1) is 19.3. The van der Waals surface area contributed by atoms with Crippen LogP contribution in [-0.2, 0) is 23.4 Å². The summed E-state index contributed by atoms with van der Waals surface area (Å²) in [5, 5.41) is 0. The van der Waals surface area contributed by atoms with Crippen molar-refractivity contribution in [3.05, 3.63) is 0 Å². The fourth-order valence-corrected chi connectivity index (χ4v) is 3.27. The first-order valence-electron chi connectivity index (χ1n) is 9.09. The Bertz CT molecular complexity index is 285. The summed E-state index contributed by atoms with van der Waals surface area (Å²) in [6.07, 6.45) is 7.82. The van der Waals surface area contributed by atoms with Crippen LogP contribution in [0.1, 0.15) is 45.4 Å². The maximum atomic E-state index is 5.67. The van der Waals surface area contributed by atoms with Gasteiger partial charge in [-0.1, -0.05) is 6.92 Å². The van der Waals surface area contributed by atoms with Crippen LogP contribution < -0.4 is 0 Å². The van der Waals surface area contributed by atoms with E-state index in [1.54, 1.807) is 0 Å². The third kappa shape index (κ3) is 9.79. The van der Waals surface area contributed by atoms with Gasteiger partial charge in [-0.15, -0.1) is 0 Å². The van der Waals surface area contributed by atoms with Crippen molar-refractivity contribution in [1.82, 2.24) is 0 Å². The molecular formula is C17H34O5Si. The van der Waals surface area contributed by atoms with Crippen LogP contribution in [0.4, 0.5) is 0 Å². The molecule has 0 bridgehead atoms. The van der Waals surface area contributed by atoms with Gasteiger partial charge in [-0.3, -0.25) is 0 Å². The van der Waals surface area contributed by atoms with E-state index < -0.39 is 0 Å². The van der Waals surface area contributed by atoms with Crippen molar-refractivity contribution in [3.63, 3.8) is 0 Å². The molecule has 0 spiro atoms. The molecule has 5 nitrogen and oxygen atoms in total. The third-order valence-electron chi connectivity index (χ3n) is 4.68. The van der Waals surface area contributed by atoms with Gasteiger partial charge in [-0.25, -0.2) is 0 Å². The van der Waals surface area contributed by atoms with Gasteiger partial charge in [-0.05, 0) is 43.9 Å². The average molecular weight is 347 g/mol. The lowest BCUT2D eigenvalue weighted by atomic mass is 9.77. The van der Waals surface area contributed by atoms with Crippen LogP contribution in [-0.4, -0.2) is 68.9 Å². The third-order valence-corrected chi connectivity index (χ3v) is 5.09. The van der Waals surface area contributed by atoms with Gasteiger partial charge in [0.1, 0.15) is 22.7 Å². The van der Waals surface area contributed by atoms with Crippen LogP contribution in [0.25, 0.3) is 0 Å². The Morgan fingerprint density at radius 3 is 1.70 bits per heavy atom. The first-order valence-corrected chi connectivity index (χ1v) is 9.91. The Balaban J connectivity index is 1.55. The second kappa shape index (κ2) is 10.8. The molecule has 136 valence electrons. The lowest BCUT2D eigenvalue weighted by Gasteiger charge is -2.30. The summed E-state index contributed by atoms with van der Waals surface area (Å²) in [6, 6.07) is 0. The molecule has 2 saturated heterocycles. The number of hydrogen-bond acceptors (Lipinski definition) is 5. The molecule has 0 aromatic carbocycles. The Labute approximate surface area is 143 Å².